The van der Waals surface area contributed by atoms with Gasteiger partial charge in [0.15, 0.2) is 5.16 Å². The van der Waals surface area contributed by atoms with Crippen molar-refractivity contribution in [1.29, 1.82) is 0 Å². The molecule has 2 aromatic heterocycles. The Morgan fingerprint density at radius 3 is 2.61 bits per heavy atom. The van der Waals surface area contributed by atoms with Crippen LogP contribution in [0.3, 0.4) is 0 Å². The van der Waals surface area contributed by atoms with Gasteiger partial charge in [-0.3, -0.25) is 4.57 Å². The highest BCUT2D eigenvalue weighted by Gasteiger charge is 2.20. The molecule has 31 heavy (non-hydrogen) atoms. The third-order valence-electron chi connectivity index (χ3n) is 5.12. The third-order valence-corrected chi connectivity index (χ3v) is 7.87. The number of nitrogens with zero attached hydrogens (tertiary/aromatic N) is 6. The van der Waals surface area contributed by atoms with Crippen LogP contribution in [0.15, 0.2) is 58.8 Å². The highest BCUT2D eigenvalue weighted by Crippen LogP contribution is 2.28. The standard InChI is InChI=1S/C21H24N6O2S2/c1-5-26-19-11-10-16(31(28,29)25(3)4)12-17(19)23-20(26)13-30-21-24-22-14-27(21)18-9-7-6-8-15(18)2/h6-12,14H,5,13H2,1-4H3. The summed E-state index contributed by atoms with van der Waals surface area (Å²) in [6, 6.07) is 13.2. The molecule has 0 amide bonds. The number of imidazole rings is 1. The summed E-state index contributed by atoms with van der Waals surface area (Å²) >= 11 is 1.55. The van der Waals surface area contributed by atoms with Gasteiger partial charge in [-0.2, -0.15) is 0 Å². The molecular formula is C21H24N6O2S2. The number of hydrogen-bond acceptors (Lipinski definition) is 6. The first-order chi connectivity index (χ1) is 14.8. The number of aromatic nitrogens is 5. The normalized spacial score (nSPS) is 12.2. The van der Waals surface area contributed by atoms with Crippen molar-refractivity contribution < 1.29 is 8.42 Å². The second-order valence-electron chi connectivity index (χ2n) is 7.27. The van der Waals surface area contributed by atoms with E-state index in [-0.39, 0.29) is 4.90 Å². The maximum absolute atomic E-state index is 12.5. The number of hydrogen-bond donors (Lipinski definition) is 0. The number of para-hydroxylation sites is 1. The molecule has 2 aromatic carbocycles. The molecule has 0 saturated heterocycles. The number of rotatable bonds is 7. The summed E-state index contributed by atoms with van der Waals surface area (Å²) < 4.78 is 30.3. The molecule has 2 heterocycles. The van der Waals surface area contributed by atoms with Crippen LogP contribution < -0.4 is 0 Å². The summed E-state index contributed by atoms with van der Waals surface area (Å²) in [7, 11) is -0.460. The molecule has 0 aliphatic heterocycles. The first-order valence-electron chi connectivity index (χ1n) is 9.83. The smallest absolute Gasteiger partial charge is 0.242 e. The fourth-order valence-electron chi connectivity index (χ4n) is 3.44. The van der Waals surface area contributed by atoms with Crippen LogP contribution in [-0.2, 0) is 22.3 Å². The molecule has 0 atom stereocenters. The van der Waals surface area contributed by atoms with Crippen LogP contribution >= 0.6 is 11.8 Å². The molecule has 0 radical (unpaired) electrons. The minimum Gasteiger partial charge on any atom is -0.328 e. The van der Waals surface area contributed by atoms with Gasteiger partial charge < -0.3 is 4.57 Å². The zero-order chi connectivity index (χ0) is 22.2. The Kier molecular flexibility index (Phi) is 5.87. The monoisotopic (exact) mass is 456 g/mol. The van der Waals surface area contributed by atoms with Gasteiger partial charge in [0.05, 0.1) is 27.4 Å². The second kappa shape index (κ2) is 8.45. The van der Waals surface area contributed by atoms with Gasteiger partial charge in [-0.25, -0.2) is 17.7 Å². The van der Waals surface area contributed by atoms with Crippen molar-refractivity contribution in [3.63, 3.8) is 0 Å². The average Bonchev–Trinajstić information content (AvgIpc) is 3.35. The van der Waals surface area contributed by atoms with Crippen molar-refractivity contribution in [1.82, 2.24) is 28.6 Å². The summed E-state index contributed by atoms with van der Waals surface area (Å²) in [5, 5.41) is 9.14. The number of thioether (sulfide) groups is 1. The summed E-state index contributed by atoms with van der Waals surface area (Å²) in [5.74, 6) is 1.45. The van der Waals surface area contributed by atoms with Crippen LogP contribution in [0.25, 0.3) is 16.7 Å². The Bertz CT molecular complexity index is 1340. The first-order valence-corrected chi connectivity index (χ1v) is 12.3. The highest BCUT2D eigenvalue weighted by atomic mass is 32.2. The van der Waals surface area contributed by atoms with E-state index in [1.165, 1.54) is 18.4 Å². The van der Waals surface area contributed by atoms with E-state index in [0.29, 0.717) is 11.3 Å². The average molecular weight is 457 g/mol. The van der Waals surface area contributed by atoms with Gasteiger partial charge in [-0.05, 0) is 43.7 Å². The lowest BCUT2D eigenvalue weighted by atomic mass is 10.2. The van der Waals surface area contributed by atoms with E-state index in [2.05, 4.69) is 34.7 Å². The quantitative estimate of drug-likeness (QED) is 0.396. The number of fused-ring (bicyclic) bond motifs is 1. The van der Waals surface area contributed by atoms with Crippen molar-refractivity contribution in [2.45, 2.75) is 36.2 Å². The summed E-state index contributed by atoms with van der Waals surface area (Å²) in [6.45, 7) is 4.84. The van der Waals surface area contributed by atoms with E-state index < -0.39 is 10.0 Å². The molecule has 162 valence electrons. The Balaban J connectivity index is 1.66. The Labute approximate surface area is 186 Å². The lowest BCUT2D eigenvalue weighted by molar-refractivity contribution is 0.521. The fourth-order valence-corrected chi connectivity index (χ4v) is 5.23. The van der Waals surface area contributed by atoms with Crippen molar-refractivity contribution in [2.75, 3.05) is 14.1 Å². The maximum atomic E-state index is 12.5. The molecule has 10 heteroatoms. The van der Waals surface area contributed by atoms with Gasteiger partial charge in [0.2, 0.25) is 10.0 Å². The van der Waals surface area contributed by atoms with Gasteiger partial charge in [-0.1, -0.05) is 30.0 Å². The summed E-state index contributed by atoms with van der Waals surface area (Å²) in [6.07, 6.45) is 1.71. The van der Waals surface area contributed by atoms with E-state index in [9.17, 15) is 8.42 Å². The van der Waals surface area contributed by atoms with Crippen LogP contribution in [0.2, 0.25) is 0 Å². The molecule has 4 aromatic rings. The second-order valence-corrected chi connectivity index (χ2v) is 10.4. The van der Waals surface area contributed by atoms with Crippen LogP contribution in [0, 0.1) is 6.92 Å². The van der Waals surface area contributed by atoms with Gasteiger partial charge >= 0.3 is 0 Å². The summed E-state index contributed by atoms with van der Waals surface area (Å²) in [4.78, 5) is 4.98. The van der Waals surface area contributed by atoms with Gasteiger partial charge in [-0.15, -0.1) is 10.2 Å². The minimum atomic E-state index is -3.51. The molecule has 0 spiro atoms. The molecule has 0 unspecified atom stereocenters. The van der Waals surface area contributed by atoms with Crippen molar-refractivity contribution in [2.24, 2.45) is 0 Å². The molecular weight excluding hydrogens is 432 g/mol. The molecule has 0 N–H and O–H groups in total. The maximum Gasteiger partial charge on any atom is 0.242 e. The van der Waals surface area contributed by atoms with E-state index >= 15 is 0 Å². The molecule has 0 fully saturated rings. The minimum absolute atomic E-state index is 0.240. The third kappa shape index (κ3) is 3.98. The van der Waals surface area contributed by atoms with Crippen LogP contribution in [0.1, 0.15) is 18.3 Å². The van der Waals surface area contributed by atoms with E-state index in [1.807, 2.05) is 28.8 Å². The molecule has 0 bridgehead atoms. The SMILES string of the molecule is CCn1c(CSc2nncn2-c2ccccc2C)nc2cc(S(=O)(=O)N(C)C)ccc21. The number of aryl methyl sites for hydroxylation is 2. The fraction of sp³-hybridized carbons (Fsp3) is 0.286. The largest absolute Gasteiger partial charge is 0.328 e. The van der Waals surface area contributed by atoms with Gasteiger partial charge in [0, 0.05) is 20.6 Å². The van der Waals surface area contributed by atoms with E-state index in [0.717, 1.165) is 34.3 Å². The molecule has 0 aliphatic carbocycles. The van der Waals surface area contributed by atoms with Crippen molar-refractivity contribution in [3.8, 4) is 5.69 Å². The van der Waals surface area contributed by atoms with E-state index in [1.54, 1.807) is 30.2 Å². The molecule has 0 aliphatic rings. The predicted molar refractivity (Wildman–Crippen MR) is 122 cm³/mol. The lowest BCUT2D eigenvalue weighted by Gasteiger charge is -2.11. The van der Waals surface area contributed by atoms with Crippen molar-refractivity contribution in [3.05, 3.63) is 60.2 Å². The first kappa shape index (κ1) is 21.5. The van der Waals surface area contributed by atoms with Crippen LogP contribution in [0.4, 0.5) is 0 Å². The van der Waals surface area contributed by atoms with Gasteiger partial charge in [0.25, 0.3) is 0 Å². The Hall–Kier alpha value is -2.69. The highest BCUT2D eigenvalue weighted by molar-refractivity contribution is 7.98. The summed E-state index contributed by atoms with van der Waals surface area (Å²) in [5.41, 5.74) is 3.76. The number of sulfonamides is 1. The molecule has 8 nitrogen and oxygen atoms in total. The zero-order valence-electron chi connectivity index (χ0n) is 17.8. The lowest BCUT2D eigenvalue weighted by Crippen LogP contribution is -2.22. The zero-order valence-corrected chi connectivity index (χ0v) is 19.5. The Morgan fingerprint density at radius 1 is 1.13 bits per heavy atom. The molecule has 4 rings (SSSR count). The number of benzene rings is 2. The molecule has 0 saturated carbocycles. The van der Waals surface area contributed by atoms with Crippen molar-refractivity contribution >= 4 is 32.8 Å². The Morgan fingerprint density at radius 2 is 1.90 bits per heavy atom. The van der Waals surface area contributed by atoms with Gasteiger partial charge in [0.1, 0.15) is 12.2 Å². The van der Waals surface area contributed by atoms with Crippen LogP contribution in [0.5, 0.6) is 0 Å². The van der Waals surface area contributed by atoms with E-state index in [4.69, 9.17) is 4.98 Å². The topological polar surface area (TPSA) is 85.9 Å². The predicted octanol–water partition coefficient (Wildman–Crippen LogP) is 3.49. The van der Waals surface area contributed by atoms with Crippen LogP contribution in [-0.4, -0.2) is 51.1 Å².